The third kappa shape index (κ3) is 4.39. The third-order valence-corrected chi connectivity index (χ3v) is 3.16. The zero-order chi connectivity index (χ0) is 17.4. The molecule has 0 heterocycles. The summed E-state index contributed by atoms with van der Waals surface area (Å²) < 4.78 is 5.09. The lowest BCUT2D eigenvalue weighted by molar-refractivity contribution is 0.0693. The summed E-state index contributed by atoms with van der Waals surface area (Å²) in [7, 11) is 1.42. The highest BCUT2D eigenvalue weighted by molar-refractivity contribution is 5.91. The molecule has 0 amide bonds. The number of carbonyl (C=O) groups is 1. The van der Waals surface area contributed by atoms with Crippen LogP contribution in [0.1, 0.15) is 33.5 Å². The van der Waals surface area contributed by atoms with E-state index < -0.39 is 5.97 Å². The minimum absolute atomic E-state index is 0.0244. The van der Waals surface area contributed by atoms with Gasteiger partial charge >= 0.3 is 5.97 Å². The summed E-state index contributed by atoms with van der Waals surface area (Å²) in [5.74, 6) is 11.1. The van der Waals surface area contributed by atoms with Gasteiger partial charge in [0.15, 0.2) is 0 Å². The molecular weight excluding hydrogens is 304 g/mol. The number of methoxy groups -OCH3 is 1. The van der Waals surface area contributed by atoms with Crippen molar-refractivity contribution in [3.05, 3.63) is 64.7 Å². The number of ether oxygens (including phenoxy) is 1. The number of benzene rings is 2. The maximum absolute atomic E-state index is 11.1. The Balaban J connectivity index is 2.34. The highest BCUT2D eigenvalue weighted by atomic mass is 16.5. The molecule has 0 saturated heterocycles. The second-order valence-electron chi connectivity index (χ2n) is 4.79. The van der Waals surface area contributed by atoms with Crippen molar-refractivity contribution < 1.29 is 19.7 Å². The van der Waals surface area contributed by atoms with Gasteiger partial charge in [-0.15, -0.1) is 0 Å². The zero-order valence-electron chi connectivity index (χ0n) is 13.2. The smallest absolute Gasteiger partial charge is 0.339 e. The first kappa shape index (κ1) is 17.1. The lowest BCUT2D eigenvalue weighted by Gasteiger charge is -2.04. The summed E-state index contributed by atoms with van der Waals surface area (Å²) in [5, 5.41) is 17.9. The molecule has 0 bridgehead atoms. The molecule has 0 aliphatic carbocycles. The van der Waals surface area contributed by atoms with Crippen molar-refractivity contribution in [2.45, 2.75) is 6.42 Å². The Morgan fingerprint density at radius 3 is 2.42 bits per heavy atom. The number of aliphatic hydroxyl groups excluding tert-OH is 1. The molecule has 0 spiro atoms. The molecule has 4 nitrogen and oxygen atoms in total. The average molecular weight is 320 g/mol. The highest BCUT2D eigenvalue weighted by Crippen LogP contribution is 2.19. The molecule has 2 aromatic carbocycles. The van der Waals surface area contributed by atoms with E-state index >= 15 is 0 Å². The van der Waals surface area contributed by atoms with Gasteiger partial charge in [0.2, 0.25) is 0 Å². The normalized spacial score (nSPS) is 9.25. The van der Waals surface area contributed by atoms with Gasteiger partial charge in [0, 0.05) is 23.1 Å². The predicted molar refractivity (Wildman–Crippen MR) is 91.0 cm³/mol. The zero-order valence-corrected chi connectivity index (χ0v) is 13.2. The van der Waals surface area contributed by atoms with Gasteiger partial charge in [-0.2, -0.15) is 0 Å². The Bertz CT molecular complexity index is 860. The molecule has 120 valence electrons. The van der Waals surface area contributed by atoms with E-state index in [0.717, 1.165) is 11.1 Å². The van der Waals surface area contributed by atoms with Crippen molar-refractivity contribution in [3.8, 4) is 29.4 Å². The van der Waals surface area contributed by atoms with Gasteiger partial charge in [0.25, 0.3) is 0 Å². The van der Waals surface area contributed by atoms with E-state index in [0.29, 0.717) is 12.0 Å². The number of carboxylic acid groups (broad SMARTS) is 1. The Morgan fingerprint density at radius 1 is 1.08 bits per heavy atom. The van der Waals surface area contributed by atoms with Crippen LogP contribution in [0.25, 0.3) is 0 Å². The van der Waals surface area contributed by atoms with Crippen molar-refractivity contribution in [1.82, 2.24) is 0 Å². The fourth-order valence-electron chi connectivity index (χ4n) is 2.00. The summed E-state index contributed by atoms with van der Waals surface area (Å²) in [4.78, 5) is 11.1. The fourth-order valence-corrected chi connectivity index (χ4v) is 2.00. The standard InChI is InChI=1S/C20H16O4/c1-24-19-14-15(10-12-18(19)20(22)23)9-11-17-7-3-2-6-16(17)8-4-5-13-21/h2-3,6-7,10,12,14,21H,5,13H2,1H3,(H,22,23). The van der Waals surface area contributed by atoms with Crippen molar-refractivity contribution in [2.75, 3.05) is 13.7 Å². The minimum atomic E-state index is -1.05. The summed E-state index contributed by atoms with van der Waals surface area (Å²) in [6.45, 7) is 0.0244. The van der Waals surface area contributed by atoms with Crippen molar-refractivity contribution in [3.63, 3.8) is 0 Å². The fraction of sp³-hybridized carbons (Fsp3) is 0.150. The predicted octanol–water partition coefficient (Wildman–Crippen LogP) is 2.53. The second-order valence-corrected chi connectivity index (χ2v) is 4.79. The lowest BCUT2D eigenvalue weighted by atomic mass is 10.1. The van der Waals surface area contributed by atoms with Crippen LogP contribution in [0.2, 0.25) is 0 Å². The molecule has 4 heteroatoms. The molecule has 0 unspecified atom stereocenters. The van der Waals surface area contributed by atoms with Crippen LogP contribution in [-0.4, -0.2) is 29.9 Å². The van der Waals surface area contributed by atoms with Crippen molar-refractivity contribution >= 4 is 5.97 Å². The van der Waals surface area contributed by atoms with Gasteiger partial charge in [-0.25, -0.2) is 4.79 Å². The number of aliphatic hydroxyl groups is 1. The lowest BCUT2D eigenvalue weighted by Crippen LogP contribution is -2.00. The first-order valence-electron chi connectivity index (χ1n) is 7.28. The maximum Gasteiger partial charge on any atom is 0.339 e. The number of rotatable bonds is 3. The van der Waals surface area contributed by atoms with Gasteiger partial charge in [0.1, 0.15) is 11.3 Å². The van der Waals surface area contributed by atoms with Crippen molar-refractivity contribution in [1.29, 1.82) is 0 Å². The van der Waals surface area contributed by atoms with Gasteiger partial charge in [-0.05, 0) is 30.3 Å². The van der Waals surface area contributed by atoms with E-state index in [1.165, 1.54) is 13.2 Å². The first-order chi connectivity index (χ1) is 11.7. The molecule has 0 radical (unpaired) electrons. The summed E-state index contributed by atoms with van der Waals surface area (Å²) in [6, 6.07) is 12.2. The molecular formula is C20H16O4. The Morgan fingerprint density at radius 2 is 1.79 bits per heavy atom. The van der Waals surface area contributed by atoms with Crippen LogP contribution in [0.3, 0.4) is 0 Å². The summed E-state index contributed by atoms with van der Waals surface area (Å²) in [5.41, 5.74) is 2.30. The quantitative estimate of drug-likeness (QED) is 0.853. The molecule has 2 N–H and O–H groups in total. The molecule has 0 saturated carbocycles. The van der Waals surface area contributed by atoms with E-state index in [4.69, 9.17) is 14.9 Å². The van der Waals surface area contributed by atoms with Crippen LogP contribution in [-0.2, 0) is 0 Å². The molecule has 0 aromatic heterocycles. The van der Waals surface area contributed by atoms with Crippen LogP contribution in [0.5, 0.6) is 5.75 Å². The van der Waals surface area contributed by atoms with E-state index in [1.54, 1.807) is 12.1 Å². The van der Waals surface area contributed by atoms with Crippen LogP contribution in [0, 0.1) is 23.7 Å². The number of carboxylic acids is 1. The van der Waals surface area contributed by atoms with Gasteiger partial charge in [-0.3, -0.25) is 0 Å². The first-order valence-corrected chi connectivity index (χ1v) is 7.28. The van der Waals surface area contributed by atoms with Crippen LogP contribution < -0.4 is 4.74 Å². The molecule has 24 heavy (non-hydrogen) atoms. The van der Waals surface area contributed by atoms with E-state index in [1.807, 2.05) is 24.3 Å². The molecule has 0 aliphatic rings. The molecule has 2 aromatic rings. The van der Waals surface area contributed by atoms with E-state index in [-0.39, 0.29) is 17.9 Å². The highest BCUT2D eigenvalue weighted by Gasteiger charge is 2.10. The number of hydrogen-bond acceptors (Lipinski definition) is 3. The molecule has 2 rings (SSSR count). The Kier molecular flexibility index (Phi) is 6.02. The minimum Gasteiger partial charge on any atom is -0.496 e. The monoisotopic (exact) mass is 320 g/mol. The van der Waals surface area contributed by atoms with E-state index in [2.05, 4.69) is 23.7 Å². The van der Waals surface area contributed by atoms with Crippen LogP contribution >= 0.6 is 0 Å². The molecule has 0 fully saturated rings. The van der Waals surface area contributed by atoms with E-state index in [9.17, 15) is 4.79 Å². The number of hydrogen-bond donors (Lipinski definition) is 2. The number of aromatic carboxylic acids is 1. The molecule has 0 atom stereocenters. The SMILES string of the molecule is COc1cc(C#Cc2ccccc2C#CCCO)ccc1C(=O)O. The summed E-state index contributed by atoms with van der Waals surface area (Å²) in [6.07, 6.45) is 0.412. The van der Waals surface area contributed by atoms with Crippen LogP contribution in [0.15, 0.2) is 42.5 Å². The van der Waals surface area contributed by atoms with Crippen molar-refractivity contribution in [2.24, 2.45) is 0 Å². The second kappa shape index (κ2) is 8.43. The van der Waals surface area contributed by atoms with Crippen LogP contribution in [0.4, 0.5) is 0 Å². The largest absolute Gasteiger partial charge is 0.496 e. The van der Waals surface area contributed by atoms with Gasteiger partial charge in [0.05, 0.1) is 13.7 Å². The average Bonchev–Trinajstić information content (AvgIpc) is 2.60. The Labute approximate surface area is 140 Å². The van der Waals surface area contributed by atoms with Gasteiger partial charge < -0.3 is 14.9 Å². The summed E-state index contributed by atoms with van der Waals surface area (Å²) >= 11 is 0. The Hall–Kier alpha value is -3.21. The van der Waals surface area contributed by atoms with Gasteiger partial charge in [-0.1, -0.05) is 35.8 Å². The molecule has 0 aliphatic heterocycles. The topological polar surface area (TPSA) is 66.8 Å². The maximum atomic E-state index is 11.1. The third-order valence-electron chi connectivity index (χ3n) is 3.16.